The molecule has 0 unspecified atom stereocenters. The Labute approximate surface area is 94.3 Å². The summed E-state index contributed by atoms with van der Waals surface area (Å²) in [5.41, 5.74) is 1.30. The maximum atomic E-state index is 8.11. The van der Waals surface area contributed by atoms with E-state index in [4.69, 9.17) is 5.41 Å². The summed E-state index contributed by atoms with van der Waals surface area (Å²) >= 11 is 0. The lowest BCUT2D eigenvalue weighted by atomic mass is 9.73. The number of piperidine rings is 1. The van der Waals surface area contributed by atoms with Crippen LogP contribution < -0.4 is 5.32 Å². The predicted molar refractivity (Wildman–Crippen MR) is 66.7 cm³/mol. The average Bonchev–Trinajstić information content (AvgIpc) is 1.98. The smallest absolute Gasteiger partial charge is 0.0136 e. The Balaban J connectivity index is 2.71. The summed E-state index contributed by atoms with van der Waals surface area (Å²) in [4.78, 5) is 0. The van der Waals surface area contributed by atoms with E-state index >= 15 is 0 Å². The molecule has 0 amide bonds. The van der Waals surface area contributed by atoms with Crippen molar-refractivity contribution in [3.05, 3.63) is 0 Å². The lowest BCUT2D eigenvalue weighted by Gasteiger charge is -2.46. The van der Waals surface area contributed by atoms with Crippen LogP contribution in [0.15, 0.2) is 0 Å². The van der Waals surface area contributed by atoms with Gasteiger partial charge in [0.2, 0.25) is 0 Å². The lowest BCUT2D eigenvalue weighted by Crippen LogP contribution is -2.58. The summed E-state index contributed by atoms with van der Waals surface area (Å²) < 4.78 is 0. The highest BCUT2D eigenvalue weighted by Crippen LogP contribution is 2.34. The molecule has 0 bridgehead atoms. The topological polar surface area (TPSA) is 35.9 Å². The summed E-state index contributed by atoms with van der Waals surface area (Å²) in [6.45, 7) is 11.2. The van der Waals surface area contributed by atoms with Gasteiger partial charge < -0.3 is 10.7 Å². The highest BCUT2D eigenvalue weighted by atomic mass is 15.0. The van der Waals surface area contributed by atoms with Crippen LogP contribution >= 0.6 is 0 Å². The molecule has 2 nitrogen and oxygen atoms in total. The molecule has 0 aliphatic carbocycles. The second-order valence-corrected chi connectivity index (χ2v) is 6.27. The summed E-state index contributed by atoms with van der Waals surface area (Å²) in [7, 11) is 0. The van der Waals surface area contributed by atoms with E-state index in [0.717, 1.165) is 31.4 Å². The van der Waals surface area contributed by atoms with Gasteiger partial charge in [0.05, 0.1) is 0 Å². The number of hydrogen-bond acceptors (Lipinski definition) is 2. The minimum Gasteiger partial charge on any atom is -0.309 e. The zero-order chi connectivity index (χ0) is 11.7. The Hall–Kier alpha value is -0.370. The molecule has 0 aromatic heterocycles. The normalized spacial score (nSPS) is 25.1. The van der Waals surface area contributed by atoms with Crippen LogP contribution in [0.25, 0.3) is 0 Å². The summed E-state index contributed by atoms with van der Waals surface area (Å²) in [5.74, 6) is 0.483. The summed E-state index contributed by atoms with van der Waals surface area (Å²) in [6.07, 6.45) is 4.28. The number of rotatable bonds is 3. The molecule has 1 fully saturated rings. The Morgan fingerprint density at radius 3 is 2.07 bits per heavy atom. The van der Waals surface area contributed by atoms with E-state index in [-0.39, 0.29) is 11.1 Å². The fraction of sp³-hybridized carbons (Fsp3) is 0.923. The van der Waals surface area contributed by atoms with Crippen molar-refractivity contribution in [3.8, 4) is 0 Å². The van der Waals surface area contributed by atoms with Crippen LogP contribution in [0.4, 0.5) is 0 Å². The Bertz CT molecular complexity index is 225. The molecule has 15 heavy (non-hydrogen) atoms. The van der Waals surface area contributed by atoms with Crippen LogP contribution in [-0.2, 0) is 0 Å². The highest BCUT2D eigenvalue weighted by Gasteiger charge is 2.38. The Morgan fingerprint density at radius 1 is 1.20 bits per heavy atom. The summed E-state index contributed by atoms with van der Waals surface area (Å²) in [6, 6.07) is 0. The first-order valence-electron chi connectivity index (χ1n) is 6.12. The molecule has 1 aliphatic rings. The van der Waals surface area contributed by atoms with Crippen molar-refractivity contribution in [3.63, 3.8) is 0 Å². The van der Waals surface area contributed by atoms with E-state index in [1.807, 2.05) is 0 Å². The third kappa shape index (κ3) is 3.60. The van der Waals surface area contributed by atoms with Gasteiger partial charge in [-0.3, -0.25) is 0 Å². The molecule has 1 saturated heterocycles. The van der Waals surface area contributed by atoms with Gasteiger partial charge in [-0.15, -0.1) is 0 Å². The van der Waals surface area contributed by atoms with E-state index in [9.17, 15) is 0 Å². The zero-order valence-corrected chi connectivity index (χ0v) is 10.9. The number of hydrogen-bond donors (Lipinski definition) is 2. The van der Waals surface area contributed by atoms with E-state index in [2.05, 4.69) is 39.9 Å². The van der Waals surface area contributed by atoms with Crippen LogP contribution in [-0.4, -0.2) is 16.8 Å². The zero-order valence-electron chi connectivity index (χ0n) is 10.9. The average molecular weight is 210 g/mol. The molecule has 1 heterocycles. The fourth-order valence-corrected chi connectivity index (χ4v) is 3.04. The predicted octanol–water partition coefficient (Wildman–Crippen LogP) is 3.36. The lowest BCUT2D eigenvalue weighted by molar-refractivity contribution is 0.156. The van der Waals surface area contributed by atoms with Gasteiger partial charge in [-0.2, -0.15) is 0 Å². The van der Waals surface area contributed by atoms with Gasteiger partial charge in [0.1, 0.15) is 0 Å². The molecular weight excluding hydrogens is 184 g/mol. The molecule has 0 aromatic carbocycles. The third-order valence-corrected chi connectivity index (χ3v) is 3.20. The Morgan fingerprint density at radius 2 is 1.67 bits per heavy atom. The van der Waals surface area contributed by atoms with Crippen LogP contribution in [0.5, 0.6) is 0 Å². The van der Waals surface area contributed by atoms with E-state index in [1.165, 1.54) is 0 Å². The van der Waals surface area contributed by atoms with Gasteiger partial charge in [-0.1, -0.05) is 13.3 Å². The first-order chi connectivity index (χ1) is 6.76. The van der Waals surface area contributed by atoms with Crippen molar-refractivity contribution in [2.45, 2.75) is 71.4 Å². The van der Waals surface area contributed by atoms with Crippen molar-refractivity contribution in [2.75, 3.05) is 0 Å². The first kappa shape index (κ1) is 12.7. The quantitative estimate of drug-likeness (QED) is 0.688. The van der Waals surface area contributed by atoms with Gasteiger partial charge in [0.25, 0.3) is 0 Å². The molecule has 0 atom stereocenters. The van der Waals surface area contributed by atoms with Gasteiger partial charge in [-0.05, 0) is 47.0 Å². The van der Waals surface area contributed by atoms with Gasteiger partial charge in [0, 0.05) is 22.7 Å². The summed E-state index contributed by atoms with van der Waals surface area (Å²) in [5, 5.41) is 11.8. The van der Waals surface area contributed by atoms with E-state index in [0.29, 0.717) is 5.92 Å². The number of nitrogens with one attached hydrogen (secondary N) is 2. The van der Waals surface area contributed by atoms with Crippen molar-refractivity contribution in [1.29, 1.82) is 5.41 Å². The largest absolute Gasteiger partial charge is 0.309 e. The molecule has 2 heteroatoms. The highest BCUT2D eigenvalue weighted by molar-refractivity contribution is 5.84. The molecular formula is C13H26N2. The molecule has 0 aromatic rings. The monoisotopic (exact) mass is 210 g/mol. The maximum Gasteiger partial charge on any atom is 0.0136 e. The first-order valence-corrected chi connectivity index (χ1v) is 6.12. The molecule has 2 N–H and O–H groups in total. The van der Waals surface area contributed by atoms with Crippen molar-refractivity contribution in [1.82, 2.24) is 5.32 Å². The van der Waals surface area contributed by atoms with Gasteiger partial charge >= 0.3 is 0 Å². The van der Waals surface area contributed by atoms with E-state index < -0.39 is 0 Å². The SMILES string of the molecule is CCCC(=N)C1CC(C)(C)NC(C)(C)C1. The van der Waals surface area contributed by atoms with Crippen LogP contribution in [0.1, 0.15) is 60.3 Å². The molecule has 1 aliphatic heterocycles. The van der Waals surface area contributed by atoms with Gasteiger partial charge in [0.15, 0.2) is 0 Å². The molecule has 0 spiro atoms. The van der Waals surface area contributed by atoms with E-state index in [1.54, 1.807) is 0 Å². The minimum atomic E-state index is 0.173. The second kappa shape index (κ2) is 4.25. The standard InChI is InChI=1S/C13H26N2/c1-6-7-11(14)10-8-12(2,3)15-13(4,5)9-10/h10,14-15H,6-9H2,1-5H3. The van der Waals surface area contributed by atoms with Crippen molar-refractivity contribution in [2.24, 2.45) is 5.92 Å². The third-order valence-electron chi connectivity index (χ3n) is 3.20. The molecule has 1 rings (SSSR count). The Kier molecular flexibility index (Phi) is 3.59. The van der Waals surface area contributed by atoms with Crippen LogP contribution in [0.3, 0.4) is 0 Å². The molecule has 0 radical (unpaired) electrons. The van der Waals surface area contributed by atoms with Gasteiger partial charge in [-0.25, -0.2) is 0 Å². The minimum absolute atomic E-state index is 0.173. The van der Waals surface area contributed by atoms with Crippen LogP contribution in [0.2, 0.25) is 0 Å². The fourth-order valence-electron chi connectivity index (χ4n) is 3.04. The van der Waals surface area contributed by atoms with Crippen LogP contribution in [0, 0.1) is 11.3 Å². The second-order valence-electron chi connectivity index (χ2n) is 6.27. The van der Waals surface area contributed by atoms with Crippen molar-refractivity contribution >= 4 is 5.71 Å². The van der Waals surface area contributed by atoms with Crippen molar-refractivity contribution < 1.29 is 0 Å². The molecule has 0 saturated carbocycles. The molecule has 88 valence electrons. The maximum absolute atomic E-state index is 8.11.